The average molecular weight is 289 g/mol. The molecule has 0 spiro atoms. The van der Waals surface area contributed by atoms with Gasteiger partial charge in [0.15, 0.2) is 0 Å². The number of aromatic nitrogens is 1. The number of nitrogens with zero attached hydrogens (tertiary/aromatic N) is 1. The minimum atomic E-state index is -0.579. The summed E-state index contributed by atoms with van der Waals surface area (Å²) >= 11 is 0. The third-order valence-corrected chi connectivity index (χ3v) is 3.87. The zero-order valence-electron chi connectivity index (χ0n) is 12.9. The number of allylic oxidation sites excluding steroid dienone is 1. The van der Waals surface area contributed by atoms with E-state index in [0.29, 0.717) is 18.5 Å². The predicted molar refractivity (Wildman–Crippen MR) is 83.4 cm³/mol. The van der Waals surface area contributed by atoms with Crippen LogP contribution in [0.3, 0.4) is 0 Å². The first kappa shape index (κ1) is 15.7. The SMILES string of the molecule is C=Cc1nc(CO)cc(C)c1/C=C1\CCC(O)C(C)(C)O1. The van der Waals surface area contributed by atoms with Crippen molar-refractivity contribution in [2.75, 3.05) is 0 Å². The molecule has 1 aliphatic heterocycles. The van der Waals surface area contributed by atoms with Gasteiger partial charge in [0.05, 0.1) is 29.9 Å². The van der Waals surface area contributed by atoms with Gasteiger partial charge in [0.1, 0.15) is 5.60 Å². The molecule has 4 nitrogen and oxygen atoms in total. The maximum Gasteiger partial charge on any atom is 0.129 e. The first-order valence-corrected chi connectivity index (χ1v) is 7.19. The molecule has 2 N–H and O–H groups in total. The van der Waals surface area contributed by atoms with Gasteiger partial charge in [-0.05, 0) is 51.0 Å². The average Bonchev–Trinajstić information content (AvgIpc) is 2.44. The van der Waals surface area contributed by atoms with Crippen LogP contribution >= 0.6 is 0 Å². The number of aryl methyl sites for hydroxylation is 1. The number of hydrogen-bond acceptors (Lipinski definition) is 4. The van der Waals surface area contributed by atoms with Crippen LogP contribution in [-0.4, -0.2) is 26.9 Å². The van der Waals surface area contributed by atoms with Crippen LogP contribution in [0.5, 0.6) is 0 Å². The smallest absolute Gasteiger partial charge is 0.129 e. The van der Waals surface area contributed by atoms with Crippen molar-refractivity contribution in [3.8, 4) is 0 Å². The fourth-order valence-corrected chi connectivity index (χ4v) is 2.55. The van der Waals surface area contributed by atoms with Gasteiger partial charge in [-0.3, -0.25) is 4.98 Å². The first-order valence-electron chi connectivity index (χ1n) is 7.19. The van der Waals surface area contributed by atoms with Crippen LogP contribution in [0.1, 0.15) is 49.2 Å². The van der Waals surface area contributed by atoms with E-state index in [1.165, 1.54) is 0 Å². The van der Waals surface area contributed by atoms with Crippen LogP contribution in [0.2, 0.25) is 0 Å². The Kier molecular flexibility index (Phi) is 4.49. The number of aliphatic hydroxyl groups excluding tert-OH is 2. The standard InChI is InChI=1S/C17H23NO3/c1-5-15-14(11(2)8-12(10-19)18-15)9-13-6-7-16(20)17(3,4)21-13/h5,8-9,16,19-20H,1,6-7,10H2,2-4H3/b13-9+. The van der Waals surface area contributed by atoms with Gasteiger partial charge in [-0.15, -0.1) is 0 Å². The molecule has 1 aromatic rings. The highest BCUT2D eigenvalue weighted by Crippen LogP contribution is 2.32. The van der Waals surface area contributed by atoms with Gasteiger partial charge in [-0.1, -0.05) is 6.58 Å². The molecule has 1 atom stereocenters. The number of hydrogen-bond donors (Lipinski definition) is 2. The summed E-state index contributed by atoms with van der Waals surface area (Å²) < 4.78 is 5.90. The Hall–Kier alpha value is -1.65. The van der Waals surface area contributed by atoms with Gasteiger partial charge in [0, 0.05) is 12.0 Å². The number of ether oxygens (including phenoxy) is 1. The molecule has 1 aromatic heterocycles. The van der Waals surface area contributed by atoms with Crippen molar-refractivity contribution in [1.29, 1.82) is 0 Å². The van der Waals surface area contributed by atoms with E-state index >= 15 is 0 Å². The summed E-state index contributed by atoms with van der Waals surface area (Å²) in [6.07, 6.45) is 4.57. The van der Waals surface area contributed by atoms with Crippen molar-refractivity contribution in [3.05, 3.63) is 40.9 Å². The van der Waals surface area contributed by atoms with Crippen LogP contribution < -0.4 is 0 Å². The molecule has 4 heteroatoms. The predicted octanol–water partition coefficient (Wildman–Crippen LogP) is 2.82. The van der Waals surface area contributed by atoms with Gasteiger partial charge in [0.25, 0.3) is 0 Å². The van der Waals surface area contributed by atoms with E-state index < -0.39 is 11.7 Å². The van der Waals surface area contributed by atoms with E-state index in [4.69, 9.17) is 4.74 Å². The molecule has 21 heavy (non-hydrogen) atoms. The van der Waals surface area contributed by atoms with Gasteiger partial charge in [0.2, 0.25) is 0 Å². The molecular formula is C17H23NO3. The molecule has 114 valence electrons. The maximum atomic E-state index is 9.94. The number of aliphatic hydroxyl groups is 2. The molecule has 0 bridgehead atoms. The third kappa shape index (κ3) is 3.34. The Bertz CT molecular complexity index is 576. The van der Waals surface area contributed by atoms with Crippen molar-refractivity contribution in [2.24, 2.45) is 0 Å². The zero-order valence-corrected chi connectivity index (χ0v) is 12.9. The molecular weight excluding hydrogens is 266 g/mol. The maximum absolute atomic E-state index is 9.94. The molecule has 0 aromatic carbocycles. The summed E-state index contributed by atoms with van der Waals surface area (Å²) in [4.78, 5) is 4.37. The summed E-state index contributed by atoms with van der Waals surface area (Å²) in [7, 11) is 0. The molecule has 2 rings (SSSR count). The highest BCUT2D eigenvalue weighted by Gasteiger charge is 2.34. The second-order valence-corrected chi connectivity index (χ2v) is 5.96. The van der Waals surface area contributed by atoms with Crippen LogP contribution in [0.25, 0.3) is 12.2 Å². The van der Waals surface area contributed by atoms with Gasteiger partial charge < -0.3 is 14.9 Å². The molecule has 0 aliphatic carbocycles. The summed E-state index contributed by atoms with van der Waals surface area (Å²) in [5.41, 5.74) is 2.75. The Labute approximate surface area is 125 Å². The summed E-state index contributed by atoms with van der Waals surface area (Å²) in [6.45, 7) is 9.45. The highest BCUT2D eigenvalue weighted by atomic mass is 16.5. The zero-order chi connectivity index (χ0) is 15.6. The monoisotopic (exact) mass is 289 g/mol. The summed E-state index contributed by atoms with van der Waals surface area (Å²) in [6, 6.07) is 1.86. The molecule has 1 fully saturated rings. The van der Waals surface area contributed by atoms with E-state index in [1.807, 2.05) is 32.9 Å². The summed E-state index contributed by atoms with van der Waals surface area (Å²) in [5, 5.41) is 19.2. The van der Waals surface area contributed by atoms with Crippen LogP contribution in [0.15, 0.2) is 18.4 Å². The van der Waals surface area contributed by atoms with Crippen molar-refractivity contribution in [2.45, 2.75) is 51.9 Å². The Morgan fingerprint density at radius 1 is 1.52 bits per heavy atom. The van der Waals surface area contributed by atoms with Crippen molar-refractivity contribution >= 4 is 12.2 Å². The van der Waals surface area contributed by atoms with Gasteiger partial charge in [-0.25, -0.2) is 0 Å². The third-order valence-electron chi connectivity index (χ3n) is 3.87. The quantitative estimate of drug-likeness (QED) is 0.898. The lowest BCUT2D eigenvalue weighted by Gasteiger charge is -2.37. The Morgan fingerprint density at radius 3 is 2.81 bits per heavy atom. The van der Waals surface area contributed by atoms with E-state index in [9.17, 15) is 10.2 Å². The minimum Gasteiger partial charge on any atom is -0.489 e. The number of rotatable bonds is 3. The van der Waals surface area contributed by atoms with E-state index in [-0.39, 0.29) is 6.61 Å². The largest absolute Gasteiger partial charge is 0.489 e. The topological polar surface area (TPSA) is 62.6 Å². The van der Waals surface area contributed by atoms with Gasteiger partial charge >= 0.3 is 0 Å². The second-order valence-electron chi connectivity index (χ2n) is 5.96. The normalized spacial score (nSPS) is 22.9. The van der Waals surface area contributed by atoms with E-state index in [0.717, 1.165) is 22.6 Å². The van der Waals surface area contributed by atoms with Crippen LogP contribution in [0.4, 0.5) is 0 Å². The fraction of sp³-hybridized carbons (Fsp3) is 0.471. The van der Waals surface area contributed by atoms with Crippen LogP contribution in [0, 0.1) is 6.92 Å². The molecule has 1 saturated heterocycles. The highest BCUT2D eigenvalue weighted by molar-refractivity contribution is 5.65. The van der Waals surface area contributed by atoms with Gasteiger partial charge in [-0.2, -0.15) is 0 Å². The second kappa shape index (κ2) is 6.00. The number of pyridine rings is 1. The van der Waals surface area contributed by atoms with E-state index in [1.54, 1.807) is 6.08 Å². The molecule has 0 amide bonds. The lowest BCUT2D eigenvalue weighted by Crippen LogP contribution is -2.42. The fourth-order valence-electron chi connectivity index (χ4n) is 2.55. The molecule has 0 radical (unpaired) electrons. The minimum absolute atomic E-state index is 0.0890. The van der Waals surface area contributed by atoms with Crippen LogP contribution in [-0.2, 0) is 11.3 Å². The van der Waals surface area contributed by atoms with Crippen molar-refractivity contribution < 1.29 is 14.9 Å². The first-order chi connectivity index (χ1) is 9.87. The van der Waals surface area contributed by atoms with Crippen molar-refractivity contribution in [1.82, 2.24) is 4.98 Å². The molecule has 2 heterocycles. The van der Waals surface area contributed by atoms with Crippen molar-refractivity contribution in [3.63, 3.8) is 0 Å². The Balaban J connectivity index is 2.39. The van der Waals surface area contributed by atoms with E-state index in [2.05, 4.69) is 11.6 Å². The molecule has 1 aliphatic rings. The molecule has 0 saturated carbocycles. The lowest BCUT2D eigenvalue weighted by molar-refractivity contribution is -0.0971. The molecule has 1 unspecified atom stereocenters. The lowest BCUT2D eigenvalue weighted by atomic mass is 9.92. The Morgan fingerprint density at radius 2 is 2.24 bits per heavy atom. The summed E-state index contributed by atoms with van der Waals surface area (Å²) in [5.74, 6) is 0.843.